The van der Waals surface area contributed by atoms with Crippen molar-refractivity contribution in [1.29, 1.82) is 0 Å². The second-order valence-corrected chi connectivity index (χ2v) is 4.39. The van der Waals surface area contributed by atoms with Gasteiger partial charge in [0.05, 0.1) is 5.69 Å². The van der Waals surface area contributed by atoms with E-state index in [1.165, 1.54) is 0 Å². The number of aromatic nitrogens is 3. The summed E-state index contributed by atoms with van der Waals surface area (Å²) in [4.78, 5) is 11.9. The molecule has 0 amide bonds. The zero-order valence-corrected chi connectivity index (χ0v) is 9.65. The van der Waals surface area contributed by atoms with Gasteiger partial charge in [0.1, 0.15) is 12.0 Å². The first-order valence-corrected chi connectivity index (χ1v) is 5.99. The zero-order valence-electron chi connectivity index (χ0n) is 9.65. The summed E-state index contributed by atoms with van der Waals surface area (Å²) in [6.45, 7) is 2.15. The van der Waals surface area contributed by atoms with Gasteiger partial charge < -0.3 is 15.5 Å². The molecule has 5 nitrogen and oxygen atoms in total. The number of nitrogens with two attached hydrogens (primary N) is 1. The fraction of sp³-hybridized carbons (Fsp3) is 0.500. The molecule has 0 radical (unpaired) electrons. The Bertz CT molecular complexity index is 516. The molecule has 1 aliphatic heterocycles. The number of nitrogens with one attached hydrogen (secondary N) is 1. The molecule has 90 valence electrons. The summed E-state index contributed by atoms with van der Waals surface area (Å²) in [6.07, 6.45) is 5.62. The highest BCUT2D eigenvalue weighted by Gasteiger charge is 2.21. The van der Waals surface area contributed by atoms with Crippen LogP contribution in [0.5, 0.6) is 0 Å². The van der Waals surface area contributed by atoms with E-state index in [1.807, 2.05) is 6.20 Å². The van der Waals surface area contributed by atoms with E-state index >= 15 is 0 Å². The van der Waals surface area contributed by atoms with Gasteiger partial charge in [0.25, 0.3) is 0 Å². The van der Waals surface area contributed by atoms with Crippen LogP contribution >= 0.6 is 0 Å². The molecule has 0 aliphatic carbocycles. The topological polar surface area (TPSA) is 76.8 Å². The van der Waals surface area contributed by atoms with Crippen molar-refractivity contribution in [1.82, 2.24) is 15.0 Å². The summed E-state index contributed by atoms with van der Waals surface area (Å²) in [6, 6.07) is 0. The van der Waals surface area contributed by atoms with Crippen molar-refractivity contribution in [3.05, 3.63) is 23.8 Å². The van der Waals surface area contributed by atoms with Gasteiger partial charge in [-0.2, -0.15) is 0 Å². The lowest BCUT2D eigenvalue weighted by Gasteiger charge is -2.22. The second-order valence-electron chi connectivity index (χ2n) is 4.39. The molecule has 0 atom stereocenters. The maximum Gasteiger partial charge on any atom is 0.141 e. The predicted molar refractivity (Wildman–Crippen MR) is 64.6 cm³/mol. The van der Waals surface area contributed by atoms with E-state index in [-0.39, 0.29) is 0 Å². The maximum atomic E-state index is 5.76. The smallest absolute Gasteiger partial charge is 0.141 e. The lowest BCUT2D eigenvalue weighted by atomic mass is 9.93. The van der Waals surface area contributed by atoms with E-state index in [4.69, 9.17) is 10.5 Å². The van der Waals surface area contributed by atoms with Gasteiger partial charge in [-0.25, -0.2) is 9.97 Å². The highest BCUT2D eigenvalue weighted by Crippen LogP contribution is 2.31. The van der Waals surface area contributed by atoms with Gasteiger partial charge in [0.15, 0.2) is 0 Å². The van der Waals surface area contributed by atoms with Gasteiger partial charge in [0, 0.05) is 37.3 Å². The van der Waals surface area contributed by atoms with Crippen LogP contribution in [0.1, 0.15) is 30.0 Å². The molecule has 5 heteroatoms. The molecule has 0 saturated carbocycles. The Kier molecular flexibility index (Phi) is 2.78. The summed E-state index contributed by atoms with van der Waals surface area (Å²) < 4.78 is 5.40. The molecule has 1 saturated heterocycles. The summed E-state index contributed by atoms with van der Waals surface area (Å²) in [5.41, 5.74) is 8.87. The van der Waals surface area contributed by atoms with Crippen molar-refractivity contribution in [2.75, 3.05) is 13.2 Å². The van der Waals surface area contributed by atoms with Crippen LogP contribution in [0.25, 0.3) is 11.0 Å². The number of ether oxygens (including phenoxy) is 1. The largest absolute Gasteiger partial charge is 0.381 e. The van der Waals surface area contributed by atoms with E-state index < -0.39 is 0 Å². The number of nitrogens with zero attached hydrogens (tertiary/aromatic N) is 2. The predicted octanol–water partition coefficient (Wildman–Crippen LogP) is 1.31. The maximum absolute atomic E-state index is 5.76. The SMILES string of the molecule is NCc1c[nH]c2ncnc(C3CCOCC3)c12. The van der Waals surface area contributed by atoms with Crippen molar-refractivity contribution < 1.29 is 4.74 Å². The van der Waals surface area contributed by atoms with Crippen molar-refractivity contribution in [3.8, 4) is 0 Å². The minimum Gasteiger partial charge on any atom is -0.381 e. The first kappa shape index (κ1) is 10.7. The van der Waals surface area contributed by atoms with Gasteiger partial charge in [-0.05, 0) is 18.4 Å². The third-order valence-electron chi connectivity index (χ3n) is 3.41. The first-order chi connectivity index (χ1) is 8.40. The normalized spacial score (nSPS) is 17.7. The molecule has 0 aromatic carbocycles. The third kappa shape index (κ3) is 1.81. The van der Waals surface area contributed by atoms with E-state index in [0.717, 1.165) is 48.3 Å². The summed E-state index contributed by atoms with van der Waals surface area (Å²) >= 11 is 0. The highest BCUT2D eigenvalue weighted by molar-refractivity contribution is 5.82. The van der Waals surface area contributed by atoms with Crippen LogP contribution in [0.2, 0.25) is 0 Å². The van der Waals surface area contributed by atoms with E-state index in [2.05, 4.69) is 15.0 Å². The lowest BCUT2D eigenvalue weighted by molar-refractivity contribution is 0.0848. The van der Waals surface area contributed by atoms with Gasteiger partial charge in [0.2, 0.25) is 0 Å². The molecular formula is C12H16N4O. The minimum absolute atomic E-state index is 0.468. The van der Waals surface area contributed by atoms with Crippen LogP contribution in [-0.2, 0) is 11.3 Å². The Hall–Kier alpha value is -1.46. The number of aromatic amines is 1. The molecule has 3 heterocycles. The first-order valence-electron chi connectivity index (χ1n) is 5.99. The van der Waals surface area contributed by atoms with Gasteiger partial charge in [-0.3, -0.25) is 0 Å². The van der Waals surface area contributed by atoms with Gasteiger partial charge >= 0.3 is 0 Å². The molecular weight excluding hydrogens is 216 g/mol. The average molecular weight is 232 g/mol. The number of H-pyrrole nitrogens is 1. The van der Waals surface area contributed by atoms with Crippen molar-refractivity contribution in [3.63, 3.8) is 0 Å². The molecule has 3 rings (SSSR count). The Balaban J connectivity index is 2.10. The average Bonchev–Trinajstić information content (AvgIpc) is 2.82. The van der Waals surface area contributed by atoms with Crippen LogP contribution in [0, 0.1) is 0 Å². The molecule has 2 aromatic heterocycles. The molecule has 0 unspecified atom stereocenters. The van der Waals surface area contributed by atoms with Crippen molar-refractivity contribution >= 4 is 11.0 Å². The molecule has 1 fully saturated rings. The molecule has 0 bridgehead atoms. The van der Waals surface area contributed by atoms with Crippen molar-refractivity contribution in [2.24, 2.45) is 5.73 Å². The molecule has 1 aliphatic rings. The molecule has 0 spiro atoms. The van der Waals surface area contributed by atoms with E-state index in [9.17, 15) is 0 Å². The van der Waals surface area contributed by atoms with E-state index in [0.29, 0.717) is 12.5 Å². The van der Waals surface area contributed by atoms with Gasteiger partial charge in [-0.1, -0.05) is 0 Å². The number of fused-ring (bicyclic) bond motifs is 1. The lowest BCUT2D eigenvalue weighted by Crippen LogP contribution is -2.16. The van der Waals surface area contributed by atoms with Gasteiger partial charge in [-0.15, -0.1) is 0 Å². The third-order valence-corrected chi connectivity index (χ3v) is 3.41. The molecule has 3 N–H and O–H groups in total. The van der Waals surface area contributed by atoms with Crippen LogP contribution < -0.4 is 5.73 Å². The Labute approximate surface area is 99.4 Å². The Morgan fingerprint density at radius 2 is 2.18 bits per heavy atom. The standard InChI is InChI=1S/C12H16N4O/c13-5-9-6-14-12-10(9)11(15-7-16-12)8-1-3-17-4-2-8/h6-8H,1-5,13H2,(H,14,15,16). The Morgan fingerprint density at radius 3 is 2.94 bits per heavy atom. The van der Waals surface area contributed by atoms with Crippen LogP contribution in [-0.4, -0.2) is 28.2 Å². The second kappa shape index (κ2) is 4.43. The number of hydrogen-bond donors (Lipinski definition) is 2. The fourth-order valence-electron chi connectivity index (χ4n) is 2.49. The molecule has 17 heavy (non-hydrogen) atoms. The quantitative estimate of drug-likeness (QED) is 0.818. The van der Waals surface area contributed by atoms with E-state index in [1.54, 1.807) is 6.33 Å². The summed E-state index contributed by atoms with van der Waals surface area (Å²) in [5.74, 6) is 0.468. The molecule has 2 aromatic rings. The van der Waals surface area contributed by atoms with Crippen LogP contribution in [0.4, 0.5) is 0 Å². The monoisotopic (exact) mass is 232 g/mol. The Morgan fingerprint density at radius 1 is 1.35 bits per heavy atom. The summed E-state index contributed by atoms with van der Waals surface area (Å²) in [7, 11) is 0. The highest BCUT2D eigenvalue weighted by atomic mass is 16.5. The van der Waals surface area contributed by atoms with Crippen molar-refractivity contribution in [2.45, 2.75) is 25.3 Å². The number of rotatable bonds is 2. The minimum atomic E-state index is 0.468. The number of hydrogen-bond acceptors (Lipinski definition) is 4. The fourth-order valence-corrected chi connectivity index (χ4v) is 2.49. The zero-order chi connectivity index (χ0) is 11.7. The van der Waals surface area contributed by atoms with Crippen LogP contribution in [0.15, 0.2) is 12.5 Å². The summed E-state index contributed by atoms with van der Waals surface area (Å²) in [5, 5.41) is 1.11. The van der Waals surface area contributed by atoms with Crippen LogP contribution in [0.3, 0.4) is 0 Å².